The Labute approximate surface area is 130 Å². The Bertz CT molecular complexity index is 467. The van der Waals surface area contributed by atoms with Crippen molar-refractivity contribution in [2.24, 2.45) is 5.92 Å². The molecule has 2 atom stereocenters. The minimum absolute atomic E-state index is 0.0110. The lowest BCUT2D eigenvalue weighted by molar-refractivity contribution is -0.121. The van der Waals surface area contributed by atoms with Crippen molar-refractivity contribution in [3.63, 3.8) is 0 Å². The zero-order valence-electron chi connectivity index (χ0n) is 12.1. The highest BCUT2D eigenvalue weighted by Crippen LogP contribution is 2.25. The number of aliphatic hydroxyl groups excluding tert-OH is 1. The van der Waals surface area contributed by atoms with Gasteiger partial charge < -0.3 is 15.2 Å². The van der Waals surface area contributed by atoms with Gasteiger partial charge in [0, 0.05) is 18.9 Å². The smallest absolute Gasteiger partial charge is 0.220 e. The maximum absolute atomic E-state index is 11.7. The topological polar surface area (TPSA) is 58.6 Å². The van der Waals surface area contributed by atoms with Crippen LogP contribution in [0.4, 0.5) is 0 Å². The van der Waals surface area contributed by atoms with Gasteiger partial charge in [0.15, 0.2) is 0 Å². The summed E-state index contributed by atoms with van der Waals surface area (Å²) in [5.41, 5.74) is 0. The van der Waals surface area contributed by atoms with Crippen molar-refractivity contribution in [2.75, 3.05) is 13.2 Å². The maximum atomic E-state index is 11.7. The molecule has 1 aromatic rings. The highest BCUT2D eigenvalue weighted by atomic mass is 35.5. The molecule has 2 N–H and O–H groups in total. The molecule has 1 saturated carbocycles. The predicted molar refractivity (Wildman–Crippen MR) is 82.5 cm³/mol. The minimum Gasteiger partial charge on any atom is -0.492 e. The Morgan fingerprint density at radius 2 is 2.19 bits per heavy atom. The third-order valence-corrected chi connectivity index (χ3v) is 4.14. The number of para-hydroxylation sites is 1. The van der Waals surface area contributed by atoms with E-state index in [0.29, 0.717) is 36.8 Å². The molecule has 5 heteroatoms. The van der Waals surface area contributed by atoms with Gasteiger partial charge >= 0.3 is 0 Å². The number of rotatable bonds is 7. The van der Waals surface area contributed by atoms with Crippen LogP contribution in [0.25, 0.3) is 0 Å². The Morgan fingerprint density at radius 1 is 1.38 bits per heavy atom. The van der Waals surface area contributed by atoms with Crippen molar-refractivity contribution < 1.29 is 14.6 Å². The van der Waals surface area contributed by atoms with E-state index < -0.39 is 0 Å². The Morgan fingerprint density at radius 3 is 2.90 bits per heavy atom. The zero-order valence-corrected chi connectivity index (χ0v) is 12.8. The molecule has 0 aromatic heterocycles. The number of carbonyl (C=O) groups is 1. The first kappa shape index (κ1) is 16.1. The van der Waals surface area contributed by atoms with Crippen LogP contribution in [0.5, 0.6) is 5.75 Å². The van der Waals surface area contributed by atoms with Crippen LogP contribution >= 0.6 is 11.6 Å². The highest BCUT2D eigenvalue weighted by Gasteiger charge is 2.25. The van der Waals surface area contributed by atoms with Gasteiger partial charge in [0.25, 0.3) is 0 Å². The summed E-state index contributed by atoms with van der Waals surface area (Å²) in [7, 11) is 0. The number of hydrogen-bond donors (Lipinski definition) is 2. The Hall–Kier alpha value is -1.26. The first-order chi connectivity index (χ1) is 10.2. The maximum Gasteiger partial charge on any atom is 0.220 e. The normalized spacial score (nSPS) is 21.2. The largest absolute Gasteiger partial charge is 0.492 e. The van der Waals surface area contributed by atoms with Crippen molar-refractivity contribution in [3.05, 3.63) is 29.3 Å². The van der Waals surface area contributed by atoms with Crippen molar-refractivity contribution in [1.82, 2.24) is 5.32 Å². The Kier molecular flexibility index (Phi) is 6.33. The lowest BCUT2D eigenvalue weighted by atomic mass is 10.1. The van der Waals surface area contributed by atoms with Crippen LogP contribution in [0.1, 0.15) is 32.1 Å². The van der Waals surface area contributed by atoms with Crippen LogP contribution in [-0.4, -0.2) is 30.3 Å². The van der Waals surface area contributed by atoms with Crippen LogP contribution in [-0.2, 0) is 4.79 Å². The van der Waals surface area contributed by atoms with Gasteiger partial charge in [-0.3, -0.25) is 4.79 Å². The molecule has 0 aliphatic heterocycles. The van der Waals surface area contributed by atoms with Gasteiger partial charge in [-0.25, -0.2) is 0 Å². The van der Waals surface area contributed by atoms with Gasteiger partial charge in [-0.2, -0.15) is 0 Å². The summed E-state index contributed by atoms with van der Waals surface area (Å²) >= 11 is 5.97. The second kappa shape index (κ2) is 8.25. The van der Waals surface area contributed by atoms with E-state index in [4.69, 9.17) is 16.3 Å². The number of ether oxygens (including phenoxy) is 1. The monoisotopic (exact) mass is 311 g/mol. The van der Waals surface area contributed by atoms with Crippen molar-refractivity contribution in [1.29, 1.82) is 0 Å². The zero-order chi connectivity index (χ0) is 15.1. The molecule has 1 aliphatic rings. The summed E-state index contributed by atoms with van der Waals surface area (Å²) in [5, 5.41) is 13.1. The SMILES string of the molecule is O=C(CCCOc1ccccc1Cl)NCC1CCCC1O. The second-order valence-electron chi connectivity index (χ2n) is 5.44. The molecule has 0 radical (unpaired) electrons. The molecule has 21 heavy (non-hydrogen) atoms. The second-order valence-corrected chi connectivity index (χ2v) is 5.85. The van der Waals surface area contributed by atoms with Gasteiger partial charge in [-0.1, -0.05) is 30.2 Å². The summed E-state index contributed by atoms with van der Waals surface area (Å²) in [6.45, 7) is 1.04. The standard InChI is InChI=1S/C16H22ClNO3/c17-13-6-1-2-8-15(13)21-10-4-9-16(20)18-11-12-5-3-7-14(12)19/h1-2,6,8,12,14,19H,3-5,7,9-11H2,(H,18,20). The number of halogens is 1. The van der Waals surface area contributed by atoms with Gasteiger partial charge in [0.1, 0.15) is 5.75 Å². The van der Waals surface area contributed by atoms with Crippen molar-refractivity contribution in [3.8, 4) is 5.75 Å². The molecule has 1 aliphatic carbocycles. The van der Waals surface area contributed by atoms with E-state index >= 15 is 0 Å². The van der Waals surface area contributed by atoms with E-state index in [1.165, 1.54) is 0 Å². The van der Waals surface area contributed by atoms with Gasteiger partial charge in [0.2, 0.25) is 5.91 Å². The van der Waals surface area contributed by atoms with E-state index in [2.05, 4.69) is 5.32 Å². The van der Waals surface area contributed by atoms with Crippen molar-refractivity contribution >= 4 is 17.5 Å². The fraction of sp³-hybridized carbons (Fsp3) is 0.562. The average Bonchev–Trinajstić information content (AvgIpc) is 2.88. The molecule has 0 heterocycles. The third-order valence-electron chi connectivity index (χ3n) is 3.82. The molecule has 1 amide bonds. The van der Waals surface area contributed by atoms with E-state index in [-0.39, 0.29) is 17.9 Å². The van der Waals surface area contributed by atoms with Crippen LogP contribution in [0.2, 0.25) is 5.02 Å². The molecule has 0 bridgehead atoms. The summed E-state index contributed by atoms with van der Waals surface area (Å²) in [5.74, 6) is 0.874. The van der Waals surface area contributed by atoms with Crippen LogP contribution in [0.15, 0.2) is 24.3 Å². The first-order valence-electron chi connectivity index (χ1n) is 7.49. The molecule has 2 rings (SSSR count). The Balaban J connectivity index is 1.58. The number of nitrogens with one attached hydrogen (secondary N) is 1. The summed E-state index contributed by atoms with van der Waals surface area (Å²) in [4.78, 5) is 11.7. The van der Waals surface area contributed by atoms with E-state index in [0.717, 1.165) is 19.3 Å². The fourth-order valence-corrected chi connectivity index (χ4v) is 2.76. The lowest BCUT2D eigenvalue weighted by Crippen LogP contribution is -2.32. The van der Waals surface area contributed by atoms with Crippen LogP contribution < -0.4 is 10.1 Å². The predicted octanol–water partition coefficient (Wildman–Crippen LogP) is 2.78. The molecule has 1 aromatic carbocycles. The fourth-order valence-electron chi connectivity index (χ4n) is 2.57. The first-order valence-corrected chi connectivity index (χ1v) is 7.86. The van der Waals surface area contributed by atoms with Crippen LogP contribution in [0, 0.1) is 5.92 Å². The number of amides is 1. The number of benzene rings is 1. The molecule has 4 nitrogen and oxygen atoms in total. The average molecular weight is 312 g/mol. The third kappa shape index (κ3) is 5.21. The molecule has 116 valence electrons. The van der Waals surface area contributed by atoms with E-state index in [1.807, 2.05) is 18.2 Å². The highest BCUT2D eigenvalue weighted by molar-refractivity contribution is 6.32. The molecular weight excluding hydrogens is 290 g/mol. The van der Waals surface area contributed by atoms with Crippen LogP contribution in [0.3, 0.4) is 0 Å². The number of hydrogen-bond acceptors (Lipinski definition) is 3. The molecule has 0 spiro atoms. The molecular formula is C16H22ClNO3. The minimum atomic E-state index is -0.256. The molecule has 0 saturated heterocycles. The van der Waals surface area contributed by atoms with Gasteiger partial charge in [-0.15, -0.1) is 0 Å². The molecule has 1 fully saturated rings. The van der Waals surface area contributed by atoms with E-state index in [9.17, 15) is 9.90 Å². The van der Waals surface area contributed by atoms with Crippen molar-refractivity contribution in [2.45, 2.75) is 38.2 Å². The van der Waals surface area contributed by atoms with Gasteiger partial charge in [-0.05, 0) is 31.4 Å². The molecule has 2 unspecified atom stereocenters. The quantitative estimate of drug-likeness (QED) is 0.761. The summed E-state index contributed by atoms with van der Waals surface area (Å²) in [6, 6.07) is 7.29. The lowest BCUT2D eigenvalue weighted by Gasteiger charge is -2.15. The summed E-state index contributed by atoms with van der Waals surface area (Å²) < 4.78 is 5.53. The van der Waals surface area contributed by atoms with E-state index in [1.54, 1.807) is 6.07 Å². The summed E-state index contributed by atoms with van der Waals surface area (Å²) in [6.07, 6.45) is 3.71. The number of carbonyl (C=O) groups excluding carboxylic acids is 1. The van der Waals surface area contributed by atoms with Gasteiger partial charge in [0.05, 0.1) is 17.7 Å². The number of aliphatic hydroxyl groups is 1.